The van der Waals surface area contributed by atoms with Crippen molar-refractivity contribution in [1.82, 2.24) is 13.9 Å². The van der Waals surface area contributed by atoms with Gasteiger partial charge in [0.05, 0.1) is 5.92 Å². The van der Waals surface area contributed by atoms with Gasteiger partial charge in [-0.1, -0.05) is 19.3 Å². The lowest BCUT2D eigenvalue weighted by Gasteiger charge is -2.32. The van der Waals surface area contributed by atoms with E-state index in [1.807, 2.05) is 11.8 Å². The highest BCUT2D eigenvalue weighted by molar-refractivity contribution is 7.99. The molecule has 0 aromatic rings. The maximum atomic E-state index is 12.3. The van der Waals surface area contributed by atoms with Crippen LogP contribution in [0.3, 0.4) is 0 Å². The van der Waals surface area contributed by atoms with Crippen molar-refractivity contribution in [3.8, 4) is 0 Å². The minimum absolute atomic E-state index is 0.00194. The molecule has 1 heterocycles. The Bertz CT molecular complexity index is 505. The molecule has 1 amide bonds. The maximum absolute atomic E-state index is 12.3. The number of carbonyl (C=O) groups excluding carboxylic acids is 1. The number of carbonyl (C=O) groups is 1. The standard InChI is InChI=1S/C16H31N3O3S2/c1-18(2)24(21,22)19-11-6-7-14(13-19)16(20)17-10-12-23-15-8-4-3-5-9-15/h14-15H,3-13H2,1-2H3,(H,17,20)/t14-/m0/s1. The van der Waals surface area contributed by atoms with Gasteiger partial charge in [0, 0.05) is 44.7 Å². The Morgan fingerprint density at radius 2 is 1.88 bits per heavy atom. The van der Waals surface area contributed by atoms with Gasteiger partial charge in [-0.15, -0.1) is 0 Å². The molecular weight excluding hydrogens is 346 g/mol. The van der Waals surface area contributed by atoms with Crippen molar-refractivity contribution in [2.75, 3.05) is 39.5 Å². The van der Waals surface area contributed by atoms with Crippen LogP contribution in [0, 0.1) is 5.92 Å². The van der Waals surface area contributed by atoms with Crippen LogP contribution >= 0.6 is 11.8 Å². The van der Waals surface area contributed by atoms with Crippen LogP contribution in [-0.4, -0.2) is 67.7 Å². The number of thioether (sulfide) groups is 1. The van der Waals surface area contributed by atoms with E-state index >= 15 is 0 Å². The monoisotopic (exact) mass is 377 g/mol. The minimum Gasteiger partial charge on any atom is -0.355 e. The van der Waals surface area contributed by atoms with Crippen molar-refractivity contribution >= 4 is 27.9 Å². The van der Waals surface area contributed by atoms with Crippen LogP contribution < -0.4 is 5.32 Å². The van der Waals surface area contributed by atoms with Crippen molar-refractivity contribution in [1.29, 1.82) is 0 Å². The zero-order valence-corrected chi connectivity index (χ0v) is 16.5. The quantitative estimate of drug-likeness (QED) is 0.686. The molecule has 1 N–H and O–H groups in total. The van der Waals surface area contributed by atoms with E-state index in [2.05, 4.69) is 5.32 Å². The molecule has 6 nitrogen and oxygen atoms in total. The predicted octanol–water partition coefficient (Wildman–Crippen LogP) is 1.69. The van der Waals surface area contributed by atoms with Crippen LogP contribution in [-0.2, 0) is 15.0 Å². The maximum Gasteiger partial charge on any atom is 0.281 e. The Labute approximate surface area is 150 Å². The van der Waals surface area contributed by atoms with Crippen LogP contribution in [0.15, 0.2) is 0 Å². The van der Waals surface area contributed by atoms with Gasteiger partial charge in [-0.25, -0.2) is 0 Å². The summed E-state index contributed by atoms with van der Waals surface area (Å²) in [7, 11) is -0.365. The summed E-state index contributed by atoms with van der Waals surface area (Å²) in [6, 6.07) is 0. The summed E-state index contributed by atoms with van der Waals surface area (Å²) < 4.78 is 27.1. The molecule has 2 rings (SSSR count). The molecule has 1 saturated heterocycles. The fourth-order valence-corrected chi connectivity index (χ4v) is 5.78. The Morgan fingerprint density at radius 3 is 2.54 bits per heavy atom. The molecule has 0 aromatic carbocycles. The number of hydrogen-bond donors (Lipinski definition) is 1. The topological polar surface area (TPSA) is 69.7 Å². The van der Waals surface area contributed by atoms with Crippen molar-refractivity contribution in [3.63, 3.8) is 0 Å². The largest absolute Gasteiger partial charge is 0.355 e. The molecular formula is C16H31N3O3S2. The van der Waals surface area contributed by atoms with Gasteiger partial charge < -0.3 is 5.32 Å². The summed E-state index contributed by atoms with van der Waals surface area (Å²) in [6.07, 6.45) is 8.15. The van der Waals surface area contributed by atoms with Gasteiger partial charge >= 0.3 is 0 Å². The number of rotatable bonds is 7. The van der Waals surface area contributed by atoms with Crippen LogP contribution in [0.4, 0.5) is 0 Å². The van der Waals surface area contributed by atoms with Crippen LogP contribution in [0.1, 0.15) is 44.9 Å². The van der Waals surface area contributed by atoms with E-state index in [9.17, 15) is 13.2 Å². The van der Waals surface area contributed by atoms with E-state index in [0.29, 0.717) is 19.6 Å². The highest BCUT2D eigenvalue weighted by Gasteiger charge is 2.33. The average molecular weight is 378 g/mol. The predicted molar refractivity (Wildman–Crippen MR) is 99.2 cm³/mol. The highest BCUT2D eigenvalue weighted by Crippen LogP contribution is 2.27. The second-order valence-corrected chi connectivity index (χ2v) is 10.5. The lowest BCUT2D eigenvalue weighted by atomic mass is 9.99. The molecule has 0 aromatic heterocycles. The normalized spacial score (nSPS) is 24.2. The summed E-state index contributed by atoms with van der Waals surface area (Å²) in [5.41, 5.74) is 0. The van der Waals surface area contributed by atoms with Gasteiger partial charge in [0.2, 0.25) is 5.91 Å². The van der Waals surface area contributed by atoms with Crippen LogP contribution in [0.2, 0.25) is 0 Å². The zero-order valence-electron chi connectivity index (χ0n) is 14.9. The Balaban J connectivity index is 1.71. The van der Waals surface area contributed by atoms with Crippen molar-refractivity contribution in [3.05, 3.63) is 0 Å². The number of hydrogen-bond acceptors (Lipinski definition) is 4. The molecule has 2 aliphatic rings. The summed E-state index contributed by atoms with van der Waals surface area (Å²) in [5, 5.41) is 3.75. The lowest BCUT2D eigenvalue weighted by molar-refractivity contribution is -0.125. The molecule has 0 bridgehead atoms. The third-order valence-electron chi connectivity index (χ3n) is 4.85. The first kappa shape index (κ1) is 20.0. The summed E-state index contributed by atoms with van der Waals surface area (Å²) in [4.78, 5) is 12.3. The summed E-state index contributed by atoms with van der Waals surface area (Å²) in [5.74, 6) is 0.717. The fourth-order valence-electron chi connectivity index (χ4n) is 3.37. The highest BCUT2D eigenvalue weighted by atomic mass is 32.2. The summed E-state index contributed by atoms with van der Waals surface area (Å²) in [6.45, 7) is 1.47. The first-order valence-electron chi connectivity index (χ1n) is 8.98. The number of amides is 1. The van der Waals surface area contributed by atoms with E-state index in [1.54, 1.807) is 0 Å². The molecule has 1 saturated carbocycles. The van der Waals surface area contributed by atoms with Gasteiger partial charge in [-0.2, -0.15) is 28.8 Å². The SMILES string of the molecule is CN(C)S(=O)(=O)N1CCC[C@H](C(=O)NCCSC2CCCCC2)C1. The first-order valence-corrected chi connectivity index (χ1v) is 11.4. The smallest absolute Gasteiger partial charge is 0.281 e. The van der Waals surface area contributed by atoms with Crippen molar-refractivity contribution in [2.45, 2.75) is 50.2 Å². The third kappa shape index (κ3) is 5.61. The number of nitrogens with one attached hydrogen (secondary N) is 1. The molecule has 1 aliphatic heterocycles. The van der Waals surface area contributed by atoms with Gasteiger partial charge in [0.15, 0.2) is 0 Å². The Hall–Kier alpha value is -0.310. The second-order valence-electron chi connectivity index (χ2n) is 6.91. The average Bonchev–Trinajstić information content (AvgIpc) is 2.59. The van der Waals surface area contributed by atoms with Crippen LogP contribution in [0.5, 0.6) is 0 Å². The molecule has 8 heteroatoms. The lowest BCUT2D eigenvalue weighted by Crippen LogP contribution is -2.49. The second kappa shape index (κ2) is 9.40. The van der Waals surface area contributed by atoms with E-state index < -0.39 is 10.2 Å². The van der Waals surface area contributed by atoms with Crippen LogP contribution in [0.25, 0.3) is 0 Å². The van der Waals surface area contributed by atoms with E-state index in [-0.39, 0.29) is 11.8 Å². The van der Waals surface area contributed by atoms with Gasteiger partial charge in [-0.05, 0) is 25.7 Å². The van der Waals surface area contributed by atoms with E-state index in [4.69, 9.17) is 0 Å². The molecule has 0 unspecified atom stereocenters. The van der Waals surface area contributed by atoms with Crippen molar-refractivity contribution in [2.24, 2.45) is 5.92 Å². The minimum atomic E-state index is -3.42. The van der Waals surface area contributed by atoms with Gasteiger partial charge in [-0.3, -0.25) is 4.79 Å². The fraction of sp³-hybridized carbons (Fsp3) is 0.938. The molecule has 2 fully saturated rings. The molecule has 1 atom stereocenters. The molecule has 1 aliphatic carbocycles. The molecule has 24 heavy (non-hydrogen) atoms. The first-order chi connectivity index (χ1) is 11.4. The van der Waals surface area contributed by atoms with Crippen molar-refractivity contribution < 1.29 is 13.2 Å². The van der Waals surface area contributed by atoms with E-state index in [1.165, 1.54) is 54.8 Å². The Kier molecular flexibility index (Phi) is 7.84. The van der Waals surface area contributed by atoms with E-state index in [0.717, 1.165) is 23.8 Å². The zero-order chi connectivity index (χ0) is 17.6. The third-order valence-corrected chi connectivity index (χ3v) is 8.14. The number of piperidine rings is 1. The summed E-state index contributed by atoms with van der Waals surface area (Å²) >= 11 is 1.97. The van der Waals surface area contributed by atoms with Gasteiger partial charge in [0.25, 0.3) is 10.2 Å². The molecule has 140 valence electrons. The Morgan fingerprint density at radius 1 is 1.17 bits per heavy atom. The molecule has 0 radical (unpaired) electrons. The van der Waals surface area contributed by atoms with Gasteiger partial charge in [0.1, 0.15) is 0 Å². The number of nitrogens with zero attached hydrogens (tertiary/aromatic N) is 2. The molecule has 0 spiro atoms.